The highest BCUT2D eigenvalue weighted by molar-refractivity contribution is 6.17. The predicted molar refractivity (Wildman–Crippen MR) is 185 cm³/mol. The number of fused-ring (bicyclic) bond motifs is 8. The summed E-state index contributed by atoms with van der Waals surface area (Å²) >= 11 is 0. The quantitative estimate of drug-likeness (QED) is 0.198. The molecule has 2 heteroatoms. The molecule has 0 N–H and O–H groups in total. The Labute approximate surface area is 256 Å². The van der Waals surface area contributed by atoms with E-state index in [1.165, 1.54) is 54.6 Å². The van der Waals surface area contributed by atoms with Crippen LogP contribution in [0.4, 0.5) is 17.1 Å². The molecule has 0 amide bonds. The van der Waals surface area contributed by atoms with Gasteiger partial charge in [-0.2, -0.15) is 0 Å². The van der Waals surface area contributed by atoms with Crippen LogP contribution >= 0.6 is 0 Å². The van der Waals surface area contributed by atoms with Gasteiger partial charge in [0.2, 0.25) is 0 Å². The second kappa shape index (κ2) is 10.00. The van der Waals surface area contributed by atoms with Gasteiger partial charge < -0.3 is 9.64 Å². The number of hydrogen-bond donors (Lipinski definition) is 0. The highest BCUT2D eigenvalue weighted by Crippen LogP contribution is 2.45. The summed E-state index contributed by atoms with van der Waals surface area (Å²) in [7, 11) is 0. The van der Waals surface area contributed by atoms with Crippen molar-refractivity contribution in [3.05, 3.63) is 163 Å². The average molecular weight is 564 g/mol. The Morgan fingerprint density at radius 1 is 0.523 bits per heavy atom. The lowest BCUT2D eigenvalue weighted by Gasteiger charge is -2.27. The molecule has 1 aliphatic heterocycles. The number of hydrogen-bond acceptors (Lipinski definition) is 2. The summed E-state index contributed by atoms with van der Waals surface area (Å²) in [6.45, 7) is 0. The average Bonchev–Trinajstić information content (AvgIpc) is 3.47. The van der Waals surface area contributed by atoms with Crippen molar-refractivity contribution in [2.45, 2.75) is 12.5 Å². The van der Waals surface area contributed by atoms with Crippen LogP contribution in [-0.4, -0.2) is 6.10 Å². The van der Waals surface area contributed by atoms with E-state index in [1.807, 2.05) is 0 Å². The largest absolute Gasteiger partial charge is 0.485 e. The van der Waals surface area contributed by atoms with Crippen molar-refractivity contribution in [2.75, 3.05) is 4.90 Å². The lowest BCUT2D eigenvalue weighted by Crippen LogP contribution is -2.12. The molecule has 1 unspecified atom stereocenters. The third kappa shape index (κ3) is 4.03. The molecule has 0 saturated carbocycles. The van der Waals surface area contributed by atoms with Crippen LogP contribution in [0.2, 0.25) is 0 Å². The molecule has 0 radical (unpaired) electrons. The monoisotopic (exact) mass is 563 g/mol. The van der Waals surface area contributed by atoms with E-state index in [-0.39, 0.29) is 6.10 Å². The molecule has 0 bridgehead atoms. The van der Waals surface area contributed by atoms with E-state index >= 15 is 0 Å². The lowest BCUT2D eigenvalue weighted by molar-refractivity contribution is 0.279. The molecule has 208 valence electrons. The normalized spacial score (nSPS) is 15.2. The summed E-state index contributed by atoms with van der Waals surface area (Å²) in [4.78, 5) is 2.38. The maximum atomic E-state index is 6.32. The van der Waals surface area contributed by atoms with E-state index in [1.54, 1.807) is 0 Å². The van der Waals surface area contributed by atoms with E-state index < -0.39 is 0 Å². The van der Waals surface area contributed by atoms with Crippen LogP contribution in [0.25, 0.3) is 49.0 Å². The Hall–Kier alpha value is -5.60. The van der Waals surface area contributed by atoms with E-state index in [0.29, 0.717) is 0 Å². The van der Waals surface area contributed by atoms with Crippen molar-refractivity contribution in [1.29, 1.82) is 0 Å². The molecule has 0 saturated heterocycles. The molecule has 44 heavy (non-hydrogen) atoms. The van der Waals surface area contributed by atoms with E-state index in [4.69, 9.17) is 4.74 Å². The smallest absolute Gasteiger partial charge is 0.128 e. The van der Waals surface area contributed by atoms with Gasteiger partial charge in [0.05, 0.1) is 0 Å². The van der Waals surface area contributed by atoms with Crippen molar-refractivity contribution in [2.24, 2.45) is 0 Å². The fraction of sp³-hybridized carbons (Fsp3) is 0.0476. The third-order valence-electron chi connectivity index (χ3n) is 9.13. The van der Waals surface area contributed by atoms with Crippen LogP contribution in [0.15, 0.2) is 158 Å². The standard InChI is InChI=1S/C42H29NO/c1-2-8-28(9-3-1)29-14-19-32(20-15-29)43(34-22-25-42-40(27-34)38-12-6-7-13-41(38)44-42)33-21-16-31-18-23-36-35-11-5-4-10-30(35)17-24-37(36)39(31)26-33/h1-12,14-27,41H,13H2. The molecule has 2 nitrogen and oxygen atoms in total. The van der Waals surface area contributed by atoms with Crippen molar-refractivity contribution in [3.63, 3.8) is 0 Å². The van der Waals surface area contributed by atoms with Gasteiger partial charge >= 0.3 is 0 Å². The molecule has 0 aromatic heterocycles. The second-order valence-corrected chi connectivity index (χ2v) is 11.7. The Kier molecular flexibility index (Phi) is 5.67. The molecular weight excluding hydrogens is 534 g/mol. The lowest BCUT2D eigenvalue weighted by atomic mass is 9.95. The van der Waals surface area contributed by atoms with E-state index in [9.17, 15) is 0 Å². The second-order valence-electron chi connectivity index (χ2n) is 11.7. The number of ether oxygens (including phenoxy) is 1. The number of nitrogens with zero attached hydrogens (tertiary/aromatic N) is 1. The van der Waals surface area contributed by atoms with Gasteiger partial charge in [0.25, 0.3) is 0 Å². The molecule has 1 aliphatic carbocycles. The molecule has 7 aromatic rings. The van der Waals surface area contributed by atoms with Crippen LogP contribution in [-0.2, 0) is 0 Å². The molecular formula is C42H29NO. The van der Waals surface area contributed by atoms with Gasteiger partial charge in [-0.15, -0.1) is 0 Å². The maximum Gasteiger partial charge on any atom is 0.128 e. The third-order valence-corrected chi connectivity index (χ3v) is 9.13. The molecule has 7 aromatic carbocycles. The SMILES string of the molecule is C1=CCC2Oc3ccc(N(c4ccc(-c5ccccc5)cc4)c4ccc5ccc6c7ccccc7ccc6c5c4)cc3C2=C1. The fourth-order valence-electron chi connectivity index (χ4n) is 6.95. The van der Waals surface area contributed by atoms with E-state index in [0.717, 1.165) is 29.2 Å². The van der Waals surface area contributed by atoms with Gasteiger partial charge in [-0.3, -0.25) is 0 Å². The fourth-order valence-corrected chi connectivity index (χ4v) is 6.95. The molecule has 0 spiro atoms. The first kappa shape index (κ1) is 24.9. The minimum atomic E-state index is 0.103. The topological polar surface area (TPSA) is 12.5 Å². The molecule has 0 fully saturated rings. The Balaban J connectivity index is 1.23. The van der Waals surface area contributed by atoms with Gasteiger partial charge in [0.1, 0.15) is 11.9 Å². The summed E-state index contributed by atoms with van der Waals surface area (Å²) in [6, 6.07) is 50.7. The number of benzene rings is 7. The van der Waals surface area contributed by atoms with Gasteiger partial charge in [0.15, 0.2) is 0 Å². The minimum absolute atomic E-state index is 0.103. The molecule has 1 atom stereocenters. The van der Waals surface area contributed by atoms with Gasteiger partial charge in [-0.25, -0.2) is 0 Å². The van der Waals surface area contributed by atoms with Crippen molar-refractivity contribution < 1.29 is 4.74 Å². The van der Waals surface area contributed by atoms with Crippen LogP contribution in [0, 0.1) is 0 Å². The summed E-state index contributed by atoms with van der Waals surface area (Å²) in [5, 5.41) is 7.59. The van der Waals surface area contributed by atoms with Crippen molar-refractivity contribution in [3.8, 4) is 16.9 Å². The molecule has 9 rings (SSSR count). The number of rotatable bonds is 4. The Bertz CT molecular complexity index is 2280. The number of allylic oxidation sites excluding steroid dienone is 2. The van der Waals surface area contributed by atoms with Crippen molar-refractivity contribution in [1.82, 2.24) is 0 Å². The summed E-state index contributed by atoms with van der Waals surface area (Å²) in [5.74, 6) is 0.962. The zero-order valence-electron chi connectivity index (χ0n) is 24.2. The first-order valence-corrected chi connectivity index (χ1v) is 15.3. The first-order valence-electron chi connectivity index (χ1n) is 15.3. The minimum Gasteiger partial charge on any atom is -0.485 e. The highest BCUT2D eigenvalue weighted by atomic mass is 16.5. The van der Waals surface area contributed by atoms with E-state index in [2.05, 4.69) is 163 Å². The van der Waals surface area contributed by atoms with Gasteiger partial charge in [0, 0.05) is 34.6 Å². The van der Waals surface area contributed by atoms with Crippen LogP contribution in [0.5, 0.6) is 5.75 Å². The maximum absolute atomic E-state index is 6.32. The summed E-state index contributed by atoms with van der Waals surface area (Å²) in [6.07, 6.45) is 7.55. The van der Waals surface area contributed by atoms with Crippen molar-refractivity contribution >= 4 is 55.0 Å². The summed E-state index contributed by atoms with van der Waals surface area (Å²) in [5.41, 5.74) is 8.21. The Morgan fingerprint density at radius 2 is 1.18 bits per heavy atom. The Morgan fingerprint density at radius 3 is 2.05 bits per heavy atom. The summed E-state index contributed by atoms with van der Waals surface area (Å²) < 4.78 is 6.32. The highest BCUT2D eigenvalue weighted by Gasteiger charge is 2.29. The van der Waals surface area contributed by atoms with Gasteiger partial charge in [-0.05, 0) is 85.9 Å². The van der Waals surface area contributed by atoms with Crippen LogP contribution < -0.4 is 9.64 Å². The molecule has 1 heterocycles. The first-order chi connectivity index (χ1) is 21.8. The van der Waals surface area contributed by atoms with Crippen LogP contribution in [0.1, 0.15) is 12.0 Å². The zero-order valence-corrected chi connectivity index (χ0v) is 24.2. The molecule has 2 aliphatic rings. The van der Waals surface area contributed by atoms with Gasteiger partial charge in [-0.1, -0.05) is 115 Å². The zero-order chi connectivity index (χ0) is 29.0. The van der Waals surface area contributed by atoms with Crippen LogP contribution in [0.3, 0.4) is 0 Å². The number of anilines is 3. The predicted octanol–water partition coefficient (Wildman–Crippen LogP) is 11.4.